The van der Waals surface area contributed by atoms with E-state index in [1.54, 1.807) is 0 Å². The molecule has 3 heteroatoms. The van der Waals surface area contributed by atoms with Gasteiger partial charge in [0.05, 0.1) is 6.10 Å². The number of benzene rings is 1. The van der Waals surface area contributed by atoms with Crippen molar-refractivity contribution in [2.45, 2.75) is 45.8 Å². The van der Waals surface area contributed by atoms with Crippen LogP contribution >= 0.6 is 15.9 Å². The summed E-state index contributed by atoms with van der Waals surface area (Å²) in [4.78, 5) is 2.33. The number of rotatable bonds is 4. The molecule has 0 bridgehead atoms. The Morgan fingerprint density at radius 1 is 1.40 bits per heavy atom. The van der Waals surface area contributed by atoms with Crippen molar-refractivity contribution in [3.8, 4) is 0 Å². The fourth-order valence-corrected chi connectivity index (χ4v) is 3.81. The first-order valence-electron chi connectivity index (χ1n) is 7.49. The summed E-state index contributed by atoms with van der Waals surface area (Å²) >= 11 is 3.52. The Labute approximate surface area is 131 Å². The maximum absolute atomic E-state index is 10.5. The number of halogens is 1. The molecular weight excluding hydrogens is 314 g/mol. The second-order valence-electron chi connectivity index (χ2n) is 6.91. The van der Waals surface area contributed by atoms with Crippen LogP contribution in [0.15, 0.2) is 28.7 Å². The monoisotopic (exact) mass is 339 g/mol. The van der Waals surface area contributed by atoms with Gasteiger partial charge in [0.1, 0.15) is 0 Å². The maximum Gasteiger partial charge on any atom is 0.0631 e. The third-order valence-electron chi connectivity index (χ3n) is 4.53. The Balaban J connectivity index is 1.92. The van der Waals surface area contributed by atoms with E-state index in [1.165, 1.54) is 12.0 Å². The van der Waals surface area contributed by atoms with E-state index in [4.69, 9.17) is 0 Å². The van der Waals surface area contributed by atoms with Crippen LogP contribution in [0.4, 0.5) is 0 Å². The summed E-state index contributed by atoms with van der Waals surface area (Å²) < 4.78 is 1.13. The van der Waals surface area contributed by atoms with Gasteiger partial charge in [0.2, 0.25) is 0 Å². The Morgan fingerprint density at radius 2 is 2.15 bits per heavy atom. The average Bonchev–Trinajstić information content (AvgIpc) is 2.35. The third-order valence-corrected chi connectivity index (χ3v) is 5.02. The molecule has 1 aliphatic carbocycles. The zero-order chi connectivity index (χ0) is 14.8. The van der Waals surface area contributed by atoms with Crippen LogP contribution < -0.4 is 0 Å². The molecule has 0 saturated heterocycles. The minimum absolute atomic E-state index is 0.0690. The van der Waals surface area contributed by atoms with Gasteiger partial charge in [-0.25, -0.2) is 0 Å². The molecule has 0 aliphatic heterocycles. The van der Waals surface area contributed by atoms with Gasteiger partial charge in [-0.05, 0) is 48.9 Å². The van der Waals surface area contributed by atoms with E-state index in [0.29, 0.717) is 5.92 Å². The van der Waals surface area contributed by atoms with Crippen molar-refractivity contribution >= 4 is 15.9 Å². The lowest BCUT2D eigenvalue weighted by Gasteiger charge is -2.42. The van der Waals surface area contributed by atoms with Crippen molar-refractivity contribution in [2.24, 2.45) is 11.3 Å². The fourth-order valence-electron chi connectivity index (χ4n) is 3.37. The van der Waals surface area contributed by atoms with E-state index in [-0.39, 0.29) is 11.5 Å². The number of aliphatic hydroxyl groups excluding tert-OH is 1. The zero-order valence-corrected chi connectivity index (χ0v) is 14.4. The van der Waals surface area contributed by atoms with Gasteiger partial charge in [0.15, 0.2) is 0 Å². The smallest absolute Gasteiger partial charge is 0.0631 e. The first kappa shape index (κ1) is 16.0. The van der Waals surface area contributed by atoms with Crippen molar-refractivity contribution in [3.63, 3.8) is 0 Å². The van der Waals surface area contributed by atoms with Crippen LogP contribution in [0.5, 0.6) is 0 Å². The van der Waals surface area contributed by atoms with Crippen LogP contribution in [0, 0.1) is 11.3 Å². The predicted molar refractivity (Wildman–Crippen MR) is 87.6 cm³/mol. The minimum Gasteiger partial charge on any atom is -0.392 e. The van der Waals surface area contributed by atoms with Gasteiger partial charge in [-0.3, -0.25) is 0 Å². The number of hydrogen-bond acceptors (Lipinski definition) is 2. The maximum atomic E-state index is 10.5. The highest BCUT2D eigenvalue weighted by molar-refractivity contribution is 9.10. The highest BCUT2D eigenvalue weighted by Gasteiger charge is 2.37. The van der Waals surface area contributed by atoms with Crippen molar-refractivity contribution < 1.29 is 5.11 Å². The summed E-state index contributed by atoms with van der Waals surface area (Å²) in [5, 5.41) is 10.5. The molecule has 0 spiro atoms. The number of hydrogen-bond donors (Lipinski definition) is 1. The van der Waals surface area contributed by atoms with Crippen molar-refractivity contribution in [1.29, 1.82) is 0 Å². The quantitative estimate of drug-likeness (QED) is 0.893. The first-order valence-corrected chi connectivity index (χ1v) is 8.29. The largest absolute Gasteiger partial charge is 0.392 e. The predicted octanol–water partition coefficient (Wildman–Crippen LogP) is 4.07. The van der Waals surface area contributed by atoms with Crippen molar-refractivity contribution in [2.75, 3.05) is 13.6 Å². The van der Waals surface area contributed by atoms with Gasteiger partial charge >= 0.3 is 0 Å². The molecule has 0 heterocycles. The molecule has 1 aromatic rings. The third kappa shape index (κ3) is 4.06. The fraction of sp³-hybridized carbons (Fsp3) is 0.647. The molecule has 2 unspecified atom stereocenters. The summed E-state index contributed by atoms with van der Waals surface area (Å²) in [7, 11) is 2.15. The summed E-state index contributed by atoms with van der Waals surface area (Å²) in [5.74, 6) is 0.399. The molecule has 1 saturated carbocycles. The molecular formula is C17H26BrNO. The highest BCUT2D eigenvalue weighted by Crippen LogP contribution is 2.39. The molecule has 2 rings (SSSR count). The van der Waals surface area contributed by atoms with Crippen LogP contribution in [-0.2, 0) is 6.54 Å². The van der Waals surface area contributed by atoms with Crippen LogP contribution in [0.1, 0.15) is 38.7 Å². The van der Waals surface area contributed by atoms with Gasteiger partial charge in [0, 0.05) is 17.6 Å². The Bertz CT molecular complexity index is 446. The molecule has 1 aromatic carbocycles. The number of nitrogens with zero attached hydrogens (tertiary/aromatic N) is 1. The van der Waals surface area contributed by atoms with Crippen LogP contribution in [0.2, 0.25) is 0 Å². The Kier molecular flexibility index (Phi) is 5.27. The second-order valence-corrected chi connectivity index (χ2v) is 7.83. The van der Waals surface area contributed by atoms with Gasteiger partial charge in [0.25, 0.3) is 0 Å². The minimum atomic E-state index is -0.179. The molecule has 1 fully saturated rings. The van der Waals surface area contributed by atoms with Gasteiger partial charge in [-0.15, -0.1) is 0 Å². The summed E-state index contributed by atoms with van der Waals surface area (Å²) in [6, 6.07) is 8.45. The lowest BCUT2D eigenvalue weighted by Crippen LogP contribution is -2.44. The standard InChI is InChI=1S/C17H26BrNO/c1-17(2)9-5-7-14(16(17)20)12-19(3)11-13-6-4-8-15(18)10-13/h4,6,8,10,14,16,20H,5,7,9,11-12H2,1-3H3. The highest BCUT2D eigenvalue weighted by atomic mass is 79.9. The summed E-state index contributed by atoms with van der Waals surface area (Å²) in [6.45, 7) is 6.29. The summed E-state index contributed by atoms with van der Waals surface area (Å²) in [6.07, 6.45) is 3.34. The van der Waals surface area contributed by atoms with Gasteiger partial charge < -0.3 is 10.0 Å². The lowest BCUT2D eigenvalue weighted by atomic mass is 9.69. The molecule has 20 heavy (non-hydrogen) atoms. The molecule has 112 valence electrons. The molecule has 1 aliphatic rings. The molecule has 2 nitrogen and oxygen atoms in total. The van der Waals surface area contributed by atoms with Crippen LogP contribution in [0.3, 0.4) is 0 Å². The first-order chi connectivity index (χ1) is 9.38. The van der Waals surface area contributed by atoms with Gasteiger partial charge in [-0.1, -0.05) is 48.3 Å². The van der Waals surface area contributed by atoms with Crippen LogP contribution in [-0.4, -0.2) is 29.7 Å². The van der Waals surface area contributed by atoms with E-state index >= 15 is 0 Å². The topological polar surface area (TPSA) is 23.5 Å². The van der Waals surface area contributed by atoms with E-state index < -0.39 is 0 Å². The molecule has 0 radical (unpaired) electrons. The Morgan fingerprint density at radius 3 is 2.85 bits per heavy atom. The lowest BCUT2D eigenvalue weighted by molar-refractivity contribution is -0.0414. The van der Waals surface area contributed by atoms with E-state index in [1.807, 2.05) is 0 Å². The van der Waals surface area contributed by atoms with E-state index in [9.17, 15) is 5.11 Å². The van der Waals surface area contributed by atoms with E-state index in [2.05, 4.69) is 66.0 Å². The average molecular weight is 340 g/mol. The molecule has 0 aromatic heterocycles. The van der Waals surface area contributed by atoms with Crippen LogP contribution in [0.25, 0.3) is 0 Å². The molecule has 1 N–H and O–H groups in total. The normalized spacial score (nSPS) is 25.9. The molecule has 0 amide bonds. The Hall–Kier alpha value is -0.380. The second kappa shape index (κ2) is 6.59. The van der Waals surface area contributed by atoms with Gasteiger partial charge in [-0.2, -0.15) is 0 Å². The SMILES string of the molecule is CN(Cc1cccc(Br)c1)CC1CCCC(C)(C)C1O. The van der Waals surface area contributed by atoms with Crippen molar-refractivity contribution in [3.05, 3.63) is 34.3 Å². The summed E-state index contributed by atoms with van der Waals surface area (Å²) in [5.41, 5.74) is 1.38. The zero-order valence-electron chi connectivity index (χ0n) is 12.8. The number of aliphatic hydroxyl groups is 1. The molecule has 2 atom stereocenters. The van der Waals surface area contributed by atoms with E-state index in [0.717, 1.165) is 30.4 Å². The van der Waals surface area contributed by atoms with Crippen molar-refractivity contribution in [1.82, 2.24) is 4.90 Å².